The summed E-state index contributed by atoms with van der Waals surface area (Å²) in [7, 11) is 1.54. The number of nitrogens with zero attached hydrogens (tertiary/aromatic N) is 2. The van der Waals surface area contributed by atoms with Crippen molar-refractivity contribution in [3.05, 3.63) is 53.4 Å². The Bertz CT molecular complexity index is 1640. The van der Waals surface area contributed by atoms with Gasteiger partial charge in [0.1, 0.15) is 6.04 Å². The van der Waals surface area contributed by atoms with Crippen LogP contribution in [0.25, 0.3) is 0 Å². The fraction of sp³-hybridized carbons (Fsp3) is 0.543. The first-order valence-corrected chi connectivity index (χ1v) is 18.9. The summed E-state index contributed by atoms with van der Waals surface area (Å²) in [5.74, 6) is 0.881. The minimum atomic E-state index is -2.03. The van der Waals surface area contributed by atoms with E-state index >= 15 is 0 Å². The molecule has 5 amide bonds. The zero-order valence-corrected chi connectivity index (χ0v) is 31.8. The fourth-order valence-corrected chi connectivity index (χ4v) is 6.48. The summed E-state index contributed by atoms with van der Waals surface area (Å²) in [6.07, 6.45) is 1.77. The minimum Gasteiger partial charge on any atom is -0.479 e. The lowest BCUT2D eigenvalue weighted by Gasteiger charge is -2.31. The monoisotopic (exact) mass is 793 g/mol. The molecule has 1 saturated heterocycles. The van der Waals surface area contributed by atoms with Gasteiger partial charge in [0.05, 0.1) is 43.6 Å². The summed E-state index contributed by atoms with van der Waals surface area (Å²) < 4.78 is 30.9. The smallest absolute Gasteiger partial charge is 0.332 e. The number of anilines is 1. The predicted octanol–water partition coefficient (Wildman–Crippen LogP) is -0.774. The van der Waals surface area contributed by atoms with E-state index in [2.05, 4.69) is 16.0 Å². The molecule has 2 aliphatic heterocycles. The molecule has 0 saturated carbocycles. The standard InChI is InChI=1S/C35H51N7O12S/c1-20(2)33(40-29(44)16-27(42-31(46)9-10-32(42)47)26(36)18-41(37)11-4-12-55(51)52)34(48)38-17-30(45)39-23-7-5-22(19-53-3)21(13-23)6-8-25-14-24(43)15-28(54-25)35(49)50/h5,7,9-10,13,18,20,24-25,27-28,33,43H,4,6,8,11-12,14-17,19,36-37H2,1-3H3,(H,38,48)(H,39,45)(H,40,44)(H,49,50)(H,51,52)/b26-18-. The molecule has 1 aromatic rings. The van der Waals surface area contributed by atoms with Gasteiger partial charge < -0.3 is 50.9 Å². The van der Waals surface area contributed by atoms with Gasteiger partial charge in [-0.15, -0.1) is 0 Å². The molecular weight excluding hydrogens is 742 g/mol. The van der Waals surface area contributed by atoms with Gasteiger partial charge in [-0.05, 0) is 54.9 Å². The first-order valence-electron chi connectivity index (χ1n) is 17.6. The second-order valence-electron chi connectivity index (χ2n) is 13.6. The number of nitrogens with one attached hydrogen (secondary N) is 3. The van der Waals surface area contributed by atoms with Gasteiger partial charge in [0.15, 0.2) is 17.2 Å². The number of imide groups is 1. The van der Waals surface area contributed by atoms with E-state index in [0.717, 1.165) is 33.2 Å². The third-order valence-corrected chi connectivity index (χ3v) is 9.47. The summed E-state index contributed by atoms with van der Waals surface area (Å²) in [5, 5.41) is 28.4. The van der Waals surface area contributed by atoms with Crippen molar-refractivity contribution < 1.29 is 57.2 Å². The highest BCUT2D eigenvalue weighted by molar-refractivity contribution is 7.79. The number of carbonyl (C=O) groups excluding carboxylic acids is 5. The normalized spacial score (nSPS) is 20.2. The van der Waals surface area contributed by atoms with Crippen molar-refractivity contribution in [1.82, 2.24) is 20.5 Å². The molecular formula is C35H51N7O12S. The molecule has 0 spiro atoms. The highest BCUT2D eigenvalue weighted by atomic mass is 32.2. The van der Waals surface area contributed by atoms with Crippen LogP contribution in [0.4, 0.5) is 5.69 Å². The van der Waals surface area contributed by atoms with Crippen LogP contribution in [-0.4, -0.2) is 121 Å². The molecule has 20 heteroatoms. The molecule has 1 fully saturated rings. The number of hydrogen-bond acceptors (Lipinski definition) is 13. The van der Waals surface area contributed by atoms with Crippen molar-refractivity contribution in [2.24, 2.45) is 17.5 Å². The Morgan fingerprint density at radius 3 is 2.44 bits per heavy atom. The Balaban J connectivity index is 1.62. The van der Waals surface area contributed by atoms with E-state index in [1.54, 1.807) is 32.0 Å². The van der Waals surface area contributed by atoms with Gasteiger partial charge in [0.2, 0.25) is 17.7 Å². The van der Waals surface area contributed by atoms with E-state index in [0.29, 0.717) is 24.9 Å². The van der Waals surface area contributed by atoms with E-state index in [1.165, 1.54) is 13.3 Å². The zero-order valence-electron chi connectivity index (χ0n) is 31.0. The number of aliphatic carboxylic acids is 1. The summed E-state index contributed by atoms with van der Waals surface area (Å²) in [6, 6.07) is 2.77. The molecule has 19 nitrogen and oxygen atoms in total. The number of ether oxygens (including phenoxy) is 2. The van der Waals surface area contributed by atoms with Crippen molar-refractivity contribution in [3.8, 4) is 0 Å². The molecule has 1 aromatic carbocycles. The second kappa shape index (κ2) is 21.4. The average Bonchev–Trinajstić information content (AvgIpc) is 3.44. The number of carbonyl (C=O) groups is 6. The number of hydrazine groups is 1. The number of aryl methyl sites for hydroxylation is 1. The highest BCUT2D eigenvalue weighted by Gasteiger charge is 2.36. The Hall–Kier alpha value is -4.73. The molecule has 304 valence electrons. The molecule has 0 bridgehead atoms. The third kappa shape index (κ3) is 14.1. The van der Waals surface area contributed by atoms with E-state index in [1.807, 2.05) is 0 Å². The van der Waals surface area contributed by atoms with Gasteiger partial charge >= 0.3 is 5.97 Å². The third-order valence-electron chi connectivity index (χ3n) is 8.84. The van der Waals surface area contributed by atoms with Crippen LogP contribution in [0.1, 0.15) is 57.1 Å². The predicted molar refractivity (Wildman–Crippen MR) is 198 cm³/mol. The first kappa shape index (κ1) is 44.7. The van der Waals surface area contributed by atoms with Crippen LogP contribution < -0.4 is 27.5 Å². The fourth-order valence-electron chi connectivity index (χ4n) is 6.10. The Labute approximate surface area is 321 Å². The number of rotatable bonds is 21. The topological polar surface area (TPSA) is 293 Å². The van der Waals surface area contributed by atoms with E-state index in [-0.39, 0.29) is 37.4 Å². The van der Waals surface area contributed by atoms with Crippen molar-refractivity contribution in [3.63, 3.8) is 0 Å². The van der Waals surface area contributed by atoms with Crippen molar-refractivity contribution in [2.45, 2.75) is 89.4 Å². The minimum absolute atomic E-state index is 0.0199. The van der Waals surface area contributed by atoms with Crippen molar-refractivity contribution >= 4 is 52.3 Å². The van der Waals surface area contributed by atoms with E-state index in [9.17, 15) is 43.2 Å². The lowest BCUT2D eigenvalue weighted by Crippen LogP contribution is -2.53. The van der Waals surface area contributed by atoms with Crippen LogP contribution in [0.3, 0.4) is 0 Å². The Morgan fingerprint density at radius 2 is 1.82 bits per heavy atom. The molecule has 6 unspecified atom stereocenters. The second-order valence-corrected chi connectivity index (χ2v) is 14.6. The summed E-state index contributed by atoms with van der Waals surface area (Å²) in [6.45, 7) is 3.27. The van der Waals surface area contributed by atoms with Gasteiger partial charge in [-0.3, -0.25) is 28.9 Å². The summed E-state index contributed by atoms with van der Waals surface area (Å²) in [5.41, 5.74) is 8.16. The van der Waals surface area contributed by atoms with Crippen LogP contribution in [0.5, 0.6) is 0 Å². The number of benzene rings is 1. The van der Waals surface area contributed by atoms with Gasteiger partial charge in [-0.1, -0.05) is 19.9 Å². The van der Waals surface area contributed by atoms with Gasteiger partial charge in [-0.2, -0.15) is 0 Å². The number of carboxylic acid groups (broad SMARTS) is 1. The summed E-state index contributed by atoms with van der Waals surface area (Å²) >= 11 is -2.03. The Kier molecular flexibility index (Phi) is 17.4. The molecule has 0 radical (unpaired) electrons. The molecule has 0 aliphatic carbocycles. The van der Waals surface area contributed by atoms with Gasteiger partial charge in [0.25, 0.3) is 11.8 Å². The number of hydrogen-bond donors (Lipinski definition) is 8. The van der Waals surface area contributed by atoms with Crippen LogP contribution in [-0.2, 0) is 62.3 Å². The lowest BCUT2D eigenvalue weighted by molar-refractivity contribution is -0.166. The quantitative estimate of drug-likeness (QED) is 0.0328. The van der Waals surface area contributed by atoms with Crippen LogP contribution >= 0.6 is 0 Å². The molecule has 3 rings (SSSR count). The number of nitrogens with two attached hydrogens (primary N) is 2. The largest absolute Gasteiger partial charge is 0.479 e. The van der Waals surface area contributed by atoms with E-state index in [4.69, 9.17) is 25.6 Å². The first-order chi connectivity index (χ1) is 26.0. The SMILES string of the molecule is COCc1ccc(NC(=O)CNC(=O)C(NC(=O)CC(/C(N)=C/N(N)CCCS(=O)O)N2C(=O)C=CC2=O)C(C)C)cc1CCC1CC(O)CC(C(=O)O)O1. The van der Waals surface area contributed by atoms with Crippen LogP contribution in [0.15, 0.2) is 42.2 Å². The van der Waals surface area contributed by atoms with Gasteiger partial charge in [-0.25, -0.2) is 14.8 Å². The number of aliphatic hydroxyl groups is 1. The number of methoxy groups -OCH3 is 1. The molecule has 0 aromatic heterocycles. The molecule has 2 aliphatic rings. The highest BCUT2D eigenvalue weighted by Crippen LogP contribution is 2.26. The average molecular weight is 794 g/mol. The van der Waals surface area contributed by atoms with Crippen molar-refractivity contribution in [2.75, 3.05) is 31.3 Å². The Morgan fingerprint density at radius 1 is 1.13 bits per heavy atom. The van der Waals surface area contributed by atoms with Crippen LogP contribution in [0, 0.1) is 5.92 Å². The molecule has 6 atom stereocenters. The lowest BCUT2D eigenvalue weighted by atomic mass is 9.94. The van der Waals surface area contributed by atoms with E-state index < -0.39 is 95.9 Å². The summed E-state index contributed by atoms with van der Waals surface area (Å²) in [4.78, 5) is 76.7. The maximum absolute atomic E-state index is 13.3. The number of carboxylic acids is 1. The maximum Gasteiger partial charge on any atom is 0.332 e. The number of aliphatic hydroxyl groups excluding tert-OH is 1. The van der Waals surface area contributed by atoms with Crippen LogP contribution in [0.2, 0.25) is 0 Å². The molecule has 10 N–H and O–H groups in total. The zero-order chi connectivity index (χ0) is 40.8. The molecule has 2 heterocycles. The maximum atomic E-state index is 13.3. The van der Waals surface area contributed by atoms with Gasteiger partial charge in [0, 0.05) is 49.8 Å². The number of amides is 5. The molecule has 55 heavy (non-hydrogen) atoms. The van der Waals surface area contributed by atoms with Crippen molar-refractivity contribution in [1.29, 1.82) is 0 Å².